The van der Waals surface area contributed by atoms with Gasteiger partial charge in [0.05, 0.1) is 4.91 Å². The molecule has 3 aromatic carbocycles. The number of benzene rings is 3. The Balaban J connectivity index is 1.37. The van der Waals surface area contributed by atoms with E-state index in [0.717, 1.165) is 49.8 Å². The van der Waals surface area contributed by atoms with Crippen LogP contribution in [0.1, 0.15) is 22.3 Å². The van der Waals surface area contributed by atoms with E-state index >= 15 is 0 Å². The molecule has 0 radical (unpaired) electrons. The van der Waals surface area contributed by atoms with Crippen molar-refractivity contribution in [3.05, 3.63) is 105 Å². The van der Waals surface area contributed by atoms with Crippen molar-refractivity contribution >= 4 is 63.1 Å². The van der Waals surface area contributed by atoms with Crippen molar-refractivity contribution in [3.63, 3.8) is 0 Å². The van der Waals surface area contributed by atoms with Gasteiger partial charge in [0.1, 0.15) is 6.54 Å². The molecule has 1 aromatic heterocycles. The van der Waals surface area contributed by atoms with Gasteiger partial charge in [-0.25, -0.2) is 0 Å². The van der Waals surface area contributed by atoms with E-state index in [9.17, 15) is 14.4 Å². The number of hydrogen-bond acceptors (Lipinski definition) is 4. The Kier molecular flexibility index (Phi) is 6.91. The highest BCUT2D eigenvalue weighted by molar-refractivity contribution is 8.18. The minimum absolute atomic E-state index is 0.282. The SMILES string of the molecule is Cc1ccc(NC(=O)CN2C(=O)SC(=Cc3cn(Cc4ccccc4Cl)c4ccccc34)C2=O)cc1C. The van der Waals surface area contributed by atoms with Crippen LogP contribution in [0.3, 0.4) is 0 Å². The van der Waals surface area contributed by atoms with Crippen LogP contribution in [0.15, 0.2) is 77.8 Å². The van der Waals surface area contributed by atoms with E-state index < -0.39 is 17.1 Å². The first kappa shape index (κ1) is 24.9. The average Bonchev–Trinajstić information content (AvgIpc) is 3.35. The number of halogens is 1. The van der Waals surface area contributed by atoms with Crippen LogP contribution >= 0.6 is 23.4 Å². The number of anilines is 1. The van der Waals surface area contributed by atoms with E-state index in [1.165, 1.54) is 0 Å². The lowest BCUT2D eigenvalue weighted by Gasteiger charge is -2.13. The molecule has 3 amide bonds. The predicted octanol–water partition coefficient (Wildman–Crippen LogP) is 6.63. The normalized spacial score (nSPS) is 14.7. The minimum atomic E-state index is -0.479. The van der Waals surface area contributed by atoms with Crippen LogP contribution in [0.2, 0.25) is 5.02 Å². The van der Waals surface area contributed by atoms with Crippen LogP contribution in [0, 0.1) is 13.8 Å². The van der Waals surface area contributed by atoms with Gasteiger partial charge in [-0.2, -0.15) is 0 Å². The fourth-order valence-electron chi connectivity index (χ4n) is 4.27. The number of aryl methyl sites for hydroxylation is 2. The Bertz CT molecular complexity index is 1590. The van der Waals surface area contributed by atoms with Crippen molar-refractivity contribution in [2.45, 2.75) is 20.4 Å². The third kappa shape index (κ3) is 5.19. The molecule has 0 unspecified atom stereocenters. The summed E-state index contributed by atoms with van der Waals surface area (Å²) in [4.78, 5) is 39.6. The molecule has 37 heavy (non-hydrogen) atoms. The molecule has 186 valence electrons. The van der Waals surface area contributed by atoms with Crippen molar-refractivity contribution in [2.24, 2.45) is 0 Å². The van der Waals surface area contributed by atoms with Gasteiger partial charge in [-0.3, -0.25) is 19.3 Å². The van der Waals surface area contributed by atoms with Crippen molar-refractivity contribution in [1.82, 2.24) is 9.47 Å². The molecule has 0 bridgehead atoms. The van der Waals surface area contributed by atoms with Gasteiger partial charge in [0.15, 0.2) is 0 Å². The van der Waals surface area contributed by atoms with Crippen LogP contribution in [0.5, 0.6) is 0 Å². The first-order valence-electron chi connectivity index (χ1n) is 11.7. The summed E-state index contributed by atoms with van der Waals surface area (Å²) in [7, 11) is 0. The summed E-state index contributed by atoms with van der Waals surface area (Å²) in [5.74, 6) is -0.906. The molecular weight excluding hydrogens is 506 g/mol. The fourth-order valence-corrected chi connectivity index (χ4v) is 5.30. The smallest absolute Gasteiger partial charge is 0.294 e. The third-order valence-corrected chi connectivity index (χ3v) is 7.65. The number of imide groups is 1. The lowest BCUT2D eigenvalue weighted by Crippen LogP contribution is -2.36. The van der Waals surface area contributed by atoms with Crippen molar-refractivity contribution in [3.8, 4) is 0 Å². The van der Waals surface area contributed by atoms with Crippen LogP contribution in [0.25, 0.3) is 17.0 Å². The van der Waals surface area contributed by atoms with Gasteiger partial charge in [-0.15, -0.1) is 0 Å². The third-order valence-electron chi connectivity index (χ3n) is 6.37. The molecule has 0 atom stereocenters. The van der Waals surface area contributed by atoms with Gasteiger partial charge in [0, 0.05) is 39.9 Å². The monoisotopic (exact) mass is 529 g/mol. The Labute approximate surface area is 223 Å². The summed E-state index contributed by atoms with van der Waals surface area (Å²) < 4.78 is 2.07. The standard InChI is InChI=1S/C29H24ClN3O3S/c1-18-11-12-22(13-19(18)2)31-27(34)17-33-28(35)26(37-29(33)36)14-21-16-32(25-10-6-4-8-23(21)25)15-20-7-3-5-9-24(20)30/h3-14,16H,15,17H2,1-2H3,(H,31,34). The average molecular weight is 530 g/mol. The van der Waals surface area contributed by atoms with Crippen LogP contribution in [0.4, 0.5) is 10.5 Å². The quantitative estimate of drug-likeness (QED) is 0.284. The number of thioether (sulfide) groups is 1. The molecular formula is C29H24ClN3O3S. The summed E-state index contributed by atoms with van der Waals surface area (Å²) in [6, 6.07) is 21.1. The highest BCUT2D eigenvalue weighted by atomic mass is 35.5. The molecule has 4 aromatic rings. The van der Waals surface area contributed by atoms with E-state index in [2.05, 4.69) is 9.88 Å². The maximum atomic E-state index is 13.1. The summed E-state index contributed by atoms with van der Waals surface area (Å²) in [6.07, 6.45) is 3.67. The zero-order valence-corrected chi connectivity index (χ0v) is 21.9. The van der Waals surface area contributed by atoms with Crippen molar-refractivity contribution in [2.75, 3.05) is 11.9 Å². The number of aromatic nitrogens is 1. The number of nitrogens with one attached hydrogen (secondary N) is 1. The van der Waals surface area contributed by atoms with Crippen molar-refractivity contribution in [1.29, 1.82) is 0 Å². The first-order chi connectivity index (χ1) is 17.8. The maximum absolute atomic E-state index is 13.1. The first-order valence-corrected chi connectivity index (χ1v) is 12.9. The number of fused-ring (bicyclic) bond motifs is 1. The molecule has 2 heterocycles. The largest absolute Gasteiger partial charge is 0.342 e. The van der Waals surface area contributed by atoms with Crippen molar-refractivity contribution < 1.29 is 14.4 Å². The lowest BCUT2D eigenvalue weighted by atomic mass is 10.1. The number of hydrogen-bond donors (Lipinski definition) is 1. The van der Waals surface area contributed by atoms with E-state index in [-0.39, 0.29) is 11.4 Å². The topological polar surface area (TPSA) is 71.4 Å². The second kappa shape index (κ2) is 10.3. The van der Waals surface area contributed by atoms with E-state index in [0.29, 0.717) is 17.3 Å². The molecule has 1 saturated heterocycles. The maximum Gasteiger partial charge on any atom is 0.294 e. The molecule has 1 fully saturated rings. The molecule has 0 spiro atoms. The molecule has 0 saturated carbocycles. The van der Waals surface area contributed by atoms with E-state index in [4.69, 9.17) is 11.6 Å². The molecule has 5 rings (SSSR count). The number of carbonyl (C=O) groups excluding carboxylic acids is 3. The van der Waals surface area contributed by atoms with Crippen LogP contribution in [-0.4, -0.2) is 33.1 Å². The molecule has 0 aliphatic carbocycles. The summed E-state index contributed by atoms with van der Waals surface area (Å²) in [5, 5.41) is 3.94. The highest BCUT2D eigenvalue weighted by Gasteiger charge is 2.36. The van der Waals surface area contributed by atoms with Gasteiger partial charge in [-0.1, -0.05) is 54.1 Å². The Hall–Kier alpha value is -3.81. The van der Waals surface area contributed by atoms with Crippen LogP contribution < -0.4 is 5.32 Å². The van der Waals surface area contributed by atoms with Gasteiger partial charge in [-0.05, 0) is 72.6 Å². The minimum Gasteiger partial charge on any atom is -0.342 e. The fraction of sp³-hybridized carbons (Fsp3) is 0.138. The molecule has 1 aliphatic rings. The van der Waals surface area contributed by atoms with Gasteiger partial charge in [0.25, 0.3) is 11.1 Å². The number of para-hydroxylation sites is 1. The summed E-state index contributed by atoms with van der Waals surface area (Å²) in [5.41, 5.74) is 5.56. The summed E-state index contributed by atoms with van der Waals surface area (Å²) >= 11 is 7.22. The molecule has 6 nitrogen and oxygen atoms in total. The zero-order chi connectivity index (χ0) is 26.1. The second-order valence-electron chi connectivity index (χ2n) is 8.94. The van der Waals surface area contributed by atoms with Gasteiger partial charge >= 0.3 is 0 Å². The second-order valence-corrected chi connectivity index (χ2v) is 10.3. The lowest BCUT2D eigenvalue weighted by molar-refractivity contribution is -0.127. The Morgan fingerprint density at radius 1 is 1.00 bits per heavy atom. The number of rotatable bonds is 6. The highest BCUT2D eigenvalue weighted by Crippen LogP contribution is 2.34. The van der Waals surface area contributed by atoms with E-state index in [1.54, 1.807) is 12.1 Å². The predicted molar refractivity (Wildman–Crippen MR) is 150 cm³/mol. The van der Waals surface area contributed by atoms with Gasteiger partial charge < -0.3 is 9.88 Å². The molecule has 1 N–H and O–H groups in total. The summed E-state index contributed by atoms with van der Waals surface area (Å²) in [6.45, 7) is 4.16. The number of carbonyl (C=O) groups is 3. The van der Waals surface area contributed by atoms with Gasteiger partial charge in [0.2, 0.25) is 5.91 Å². The molecule has 8 heteroatoms. The Morgan fingerprint density at radius 2 is 1.76 bits per heavy atom. The molecule has 1 aliphatic heterocycles. The van der Waals surface area contributed by atoms with Crippen LogP contribution in [-0.2, 0) is 16.1 Å². The van der Waals surface area contributed by atoms with E-state index in [1.807, 2.05) is 80.7 Å². The Morgan fingerprint density at radius 3 is 2.54 bits per heavy atom. The number of nitrogens with zero attached hydrogens (tertiary/aromatic N) is 2. The zero-order valence-electron chi connectivity index (χ0n) is 20.3. The number of amides is 3.